The number of aromatic nitrogens is 3. The summed E-state index contributed by atoms with van der Waals surface area (Å²) >= 11 is 0. The smallest absolute Gasteiger partial charge is 0.325 e. The van der Waals surface area contributed by atoms with Crippen LogP contribution in [-0.4, -0.2) is 41.5 Å². The van der Waals surface area contributed by atoms with Crippen molar-refractivity contribution >= 4 is 22.5 Å². The molecule has 34 heavy (non-hydrogen) atoms. The number of amides is 1. The van der Waals surface area contributed by atoms with Crippen LogP contribution >= 0.6 is 0 Å². The van der Waals surface area contributed by atoms with Crippen LogP contribution in [0.15, 0.2) is 64.3 Å². The van der Waals surface area contributed by atoms with E-state index in [9.17, 15) is 14.4 Å². The van der Waals surface area contributed by atoms with Gasteiger partial charge in [-0.3, -0.25) is 14.6 Å². The van der Waals surface area contributed by atoms with Crippen molar-refractivity contribution in [2.45, 2.75) is 25.7 Å². The van der Waals surface area contributed by atoms with E-state index in [-0.39, 0.29) is 24.7 Å². The Morgan fingerprint density at radius 3 is 2.47 bits per heavy atom. The van der Waals surface area contributed by atoms with Crippen molar-refractivity contribution in [3.63, 3.8) is 0 Å². The van der Waals surface area contributed by atoms with E-state index in [4.69, 9.17) is 0 Å². The van der Waals surface area contributed by atoms with Crippen LogP contribution in [0.25, 0.3) is 10.9 Å². The summed E-state index contributed by atoms with van der Waals surface area (Å²) in [6.07, 6.45) is 2.40. The number of nitrogens with zero attached hydrogens (tertiary/aromatic N) is 1. The molecule has 8 nitrogen and oxygen atoms in total. The number of nitrogens with one attached hydrogen (secondary N) is 4. The molecule has 0 aliphatic rings. The molecular weight excluding hydrogens is 430 g/mol. The Bertz CT molecular complexity index is 1410. The summed E-state index contributed by atoms with van der Waals surface area (Å²) in [5.74, 6) is -0.200. The van der Waals surface area contributed by atoms with E-state index in [1.54, 1.807) is 6.92 Å². The van der Waals surface area contributed by atoms with Crippen molar-refractivity contribution in [3.05, 3.63) is 98.0 Å². The van der Waals surface area contributed by atoms with Gasteiger partial charge < -0.3 is 20.2 Å². The number of H-pyrrole nitrogens is 3. The second-order valence-corrected chi connectivity index (χ2v) is 8.64. The van der Waals surface area contributed by atoms with Crippen LogP contribution < -0.4 is 21.5 Å². The second-order valence-electron chi connectivity index (χ2n) is 8.64. The third-order valence-electron chi connectivity index (χ3n) is 6.17. The Labute approximate surface area is 197 Å². The molecule has 4 rings (SSSR count). The van der Waals surface area contributed by atoms with Gasteiger partial charge in [0, 0.05) is 67.0 Å². The number of hydrogen-bond acceptors (Lipinski definition) is 4. The molecule has 0 spiro atoms. The van der Waals surface area contributed by atoms with E-state index in [1.807, 2.05) is 43.4 Å². The van der Waals surface area contributed by atoms with Gasteiger partial charge in [-0.25, -0.2) is 4.79 Å². The fraction of sp³-hybridized carbons (Fsp3) is 0.269. The van der Waals surface area contributed by atoms with E-state index in [0.29, 0.717) is 17.8 Å². The minimum absolute atomic E-state index is 0.0467. The molecule has 2 heterocycles. The van der Waals surface area contributed by atoms with Crippen LogP contribution in [0.1, 0.15) is 34.7 Å². The molecule has 0 fully saturated rings. The standard InChI is InChI=1S/C26H29N5O3/c1-16-19(25(33)30-26(34)29-16)12-13-24(32)28-14-21(17-8-10-18(11-9-17)31(2)3)22-15-27-23-7-5-4-6-20(22)23/h4-11,15,21,27H,12-14H2,1-3H3,(H,28,32)(H2,29,30,33,34). The predicted molar refractivity (Wildman–Crippen MR) is 135 cm³/mol. The van der Waals surface area contributed by atoms with Gasteiger partial charge in [0.15, 0.2) is 0 Å². The molecule has 0 bridgehead atoms. The lowest BCUT2D eigenvalue weighted by molar-refractivity contribution is -0.121. The van der Waals surface area contributed by atoms with Gasteiger partial charge >= 0.3 is 5.69 Å². The van der Waals surface area contributed by atoms with Crippen LogP contribution in [0.3, 0.4) is 0 Å². The van der Waals surface area contributed by atoms with Crippen LogP contribution in [0.4, 0.5) is 5.69 Å². The van der Waals surface area contributed by atoms with E-state index in [2.05, 4.69) is 50.6 Å². The maximum Gasteiger partial charge on any atom is 0.325 e. The first kappa shape index (κ1) is 23.1. The average Bonchev–Trinajstić information content (AvgIpc) is 3.23. The third-order valence-corrected chi connectivity index (χ3v) is 6.17. The molecule has 176 valence electrons. The van der Waals surface area contributed by atoms with Gasteiger partial charge in [-0.2, -0.15) is 0 Å². The number of anilines is 1. The third kappa shape index (κ3) is 4.96. The summed E-state index contributed by atoms with van der Waals surface area (Å²) in [6, 6.07) is 16.5. The normalized spacial score (nSPS) is 12.0. The van der Waals surface area contributed by atoms with Gasteiger partial charge in [0.2, 0.25) is 5.91 Å². The molecule has 0 aliphatic heterocycles. The summed E-state index contributed by atoms with van der Waals surface area (Å²) in [5.41, 5.74) is 4.27. The first-order chi connectivity index (χ1) is 16.3. The van der Waals surface area contributed by atoms with Crippen LogP contribution in [-0.2, 0) is 11.2 Å². The number of carbonyl (C=O) groups excluding carboxylic acids is 1. The monoisotopic (exact) mass is 459 g/mol. The SMILES string of the molecule is Cc1[nH]c(=O)[nH]c(=O)c1CCC(=O)NCC(c1ccc(N(C)C)cc1)c1c[nH]c2ccccc12. The first-order valence-corrected chi connectivity index (χ1v) is 11.3. The Morgan fingerprint density at radius 2 is 1.76 bits per heavy atom. The molecule has 2 aromatic heterocycles. The summed E-state index contributed by atoms with van der Waals surface area (Å²) in [5, 5.41) is 4.16. The molecule has 0 saturated carbocycles. The minimum atomic E-state index is -0.544. The largest absolute Gasteiger partial charge is 0.378 e. The number of hydrogen-bond donors (Lipinski definition) is 4. The maximum atomic E-state index is 12.7. The average molecular weight is 460 g/mol. The van der Waals surface area contributed by atoms with Gasteiger partial charge in [0.25, 0.3) is 5.56 Å². The highest BCUT2D eigenvalue weighted by Gasteiger charge is 2.19. The molecule has 1 atom stereocenters. The minimum Gasteiger partial charge on any atom is -0.378 e. The van der Waals surface area contributed by atoms with Crippen molar-refractivity contribution in [3.8, 4) is 0 Å². The van der Waals surface area contributed by atoms with E-state index < -0.39 is 11.2 Å². The molecule has 8 heteroatoms. The van der Waals surface area contributed by atoms with Gasteiger partial charge in [-0.15, -0.1) is 0 Å². The highest BCUT2D eigenvalue weighted by molar-refractivity contribution is 5.84. The number of aromatic amines is 3. The van der Waals surface area contributed by atoms with Gasteiger partial charge in [-0.05, 0) is 42.7 Å². The number of carbonyl (C=O) groups is 1. The summed E-state index contributed by atoms with van der Waals surface area (Å²) < 4.78 is 0. The van der Waals surface area contributed by atoms with Crippen molar-refractivity contribution in [1.82, 2.24) is 20.3 Å². The molecule has 4 N–H and O–H groups in total. The highest BCUT2D eigenvalue weighted by Crippen LogP contribution is 2.31. The number of benzene rings is 2. The lowest BCUT2D eigenvalue weighted by atomic mass is 9.90. The quantitative estimate of drug-likeness (QED) is 0.324. The number of para-hydroxylation sites is 1. The van der Waals surface area contributed by atoms with Gasteiger partial charge in [0.1, 0.15) is 0 Å². The Balaban J connectivity index is 1.53. The zero-order chi connectivity index (χ0) is 24.2. The Kier molecular flexibility index (Phi) is 6.67. The Hall–Kier alpha value is -4.07. The van der Waals surface area contributed by atoms with Crippen LogP contribution in [0.2, 0.25) is 0 Å². The van der Waals surface area contributed by atoms with Crippen molar-refractivity contribution in [2.24, 2.45) is 0 Å². The van der Waals surface area contributed by atoms with Gasteiger partial charge in [0.05, 0.1) is 0 Å². The summed E-state index contributed by atoms with van der Waals surface area (Å²) in [7, 11) is 4.00. The molecule has 0 saturated heterocycles. The second kappa shape index (κ2) is 9.82. The predicted octanol–water partition coefficient (Wildman–Crippen LogP) is 2.80. The fourth-order valence-electron chi connectivity index (χ4n) is 4.26. The number of rotatable bonds is 8. The molecular formula is C26H29N5O3. The summed E-state index contributed by atoms with van der Waals surface area (Å²) in [4.78, 5) is 46.3. The van der Waals surface area contributed by atoms with Crippen molar-refractivity contribution < 1.29 is 4.79 Å². The first-order valence-electron chi connectivity index (χ1n) is 11.3. The zero-order valence-corrected chi connectivity index (χ0v) is 19.6. The zero-order valence-electron chi connectivity index (χ0n) is 19.6. The van der Waals surface area contributed by atoms with Crippen molar-refractivity contribution in [1.29, 1.82) is 0 Å². The van der Waals surface area contributed by atoms with Crippen molar-refractivity contribution in [2.75, 3.05) is 25.5 Å². The van der Waals surface area contributed by atoms with Crippen LogP contribution in [0, 0.1) is 6.92 Å². The molecule has 0 aliphatic carbocycles. The summed E-state index contributed by atoms with van der Waals surface area (Å²) in [6.45, 7) is 2.08. The van der Waals surface area contributed by atoms with E-state index in [0.717, 1.165) is 27.7 Å². The highest BCUT2D eigenvalue weighted by atomic mass is 16.2. The Morgan fingerprint density at radius 1 is 1.03 bits per heavy atom. The van der Waals surface area contributed by atoms with Gasteiger partial charge in [-0.1, -0.05) is 30.3 Å². The molecule has 2 aromatic carbocycles. The number of aryl methyl sites for hydroxylation is 1. The van der Waals surface area contributed by atoms with E-state index in [1.165, 1.54) is 0 Å². The molecule has 4 aromatic rings. The lowest BCUT2D eigenvalue weighted by Gasteiger charge is -2.20. The van der Waals surface area contributed by atoms with Crippen LogP contribution in [0.5, 0.6) is 0 Å². The maximum absolute atomic E-state index is 12.7. The molecule has 0 radical (unpaired) electrons. The fourth-order valence-corrected chi connectivity index (χ4v) is 4.26. The van der Waals surface area contributed by atoms with E-state index >= 15 is 0 Å². The number of fused-ring (bicyclic) bond motifs is 1. The topological polar surface area (TPSA) is 114 Å². The lowest BCUT2D eigenvalue weighted by Crippen LogP contribution is -2.31. The molecule has 1 unspecified atom stereocenters. The molecule has 1 amide bonds.